The highest BCUT2D eigenvalue weighted by Gasteiger charge is 2.42. The molecule has 92 valence electrons. The van der Waals surface area contributed by atoms with Crippen LogP contribution >= 0.6 is 0 Å². The smallest absolute Gasteiger partial charge is 0.249 e. The summed E-state index contributed by atoms with van der Waals surface area (Å²) in [4.78, 5) is 11.8. The zero-order chi connectivity index (χ0) is 11.4. The summed E-state index contributed by atoms with van der Waals surface area (Å²) in [7, 11) is 0. The van der Waals surface area contributed by atoms with Crippen LogP contribution in [0.15, 0.2) is 0 Å². The Morgan fingerprint density at radius 2 is 2.25 bits per heavy atom. The molecule has 2 aliphatic rings. The Balaban J connectivity index is 1.70. The Morgan fingerprint density at radius 3 is 2.81 bits per heavy atom. The molecule has 0 aromatic carbocycles. The first kappa shape index (κ1) is 11.9. The van der Waals surface area contributed by atoms with Crippen molar-refractivity contribution in [1.29, 1.82) is 0 Å². The van der Waals surface area contributed by atoms with E-state index in [1.165, 1.54) is 12.8 Å². The highest BCUT2D eigenvalue weighted by Crippen LogP contribution is 2.47. The van der Waals surface area contributed by atoms with Gasteiger partial charge < -0.3 is 15.8 Å². The van der Waals surface area contributed by atoms with Gasteiger partial charge in [0.1, 0.15) is 6.10 Å². The third-order valence-corrected chi connectivity index (χ3v) is 3.74. The van der Waals surface area contributed by atoms with E-state index in [-0.39, 0.29) is 12.0 Å². The molecule has 1 unspecified atom stereocenters. The molecule has 1 aliphatic heterocycles. The monoisotopic (exact) mass is 226 g/mol. The maximum Gasteiger partial charge on any atom is 0.249 e. The normalized spacial score (nSPS) is 27.4. The van der Waals surface area contributed by atoms with Crippen molar-refractivity contribution in [2.24, 2.45) is 11.1 Å². The topological polar surface area (TPSA) is 64.3 Å². The van der Waals surface area contributed by atoms with Crippen molar-refractivity contribution >= 4 is 5.91 Å². The number of carbonyl (C=O) groups is 1. The van der Waals surface area contributed by atoms with Gasteiger partial charge in [-0.2, -0.15) is 0 Å². The number of carbonyl (C=O) groups excluding carboxylic acids is 1. The highest BCUT2D eigenvalue weighted by atomic mass is 16.5. The minimum Gasteiger partial charge on any atom is -0.368 e. The number of ether oxygens (including phenoxy) is 1. The second-order valence-electron chi connectivity index (χ2n) is 5.11. The molecule has 1 saturated carbocycles. The first-order valence-electron chi connectivity index (χ1n) is 6.35. The van der Waals surface area contributed by atoms with Crippen LogP contribution in [-0.4, -0.2) is 31.7 Å². The van der Waals surface area contributed by atoms with Crippen molar-refractivity contribution in [2.75, 3.05) is 19.7 Å². The van der Waals surface area contributed by atoms with E-state index in [1.54, 1.807) is 0 Å². The molecule has 4 heteroatoms. The Labute approximate surface area is 96.9 Å². The number of nitrogens with one attached hydrogen (secondary N) is 1. The molecule has 3 N–H and O–H groups in total. The zero-order valence-electron chi connectivity index (χ0n) is 9.84. The number of hydrogen-bond donors (Lipinski definition) is 2. The van der Waals surface area contributed by atoms with Crippen LogP contribution in [0.1, 0.15) is 38.5 Å². The van der Waals surface area contributed by atoms with Crippen LogP contribution in [0, 0.1) is 5.41 Å². The van der Waals surface area contributed by atoms with E-state index in [2.05, 4.69) is 5.32 Å². The van der Waals surface area contributed by atoms with Crippen molar-refractivity contribution in [3.63, 3.8) is 0 Å². The van der Waals surface area contributed by atoms with Gasteiger partial charge in [0.25, 0.3) is 0 Å². The van der Waals surface area contributed by atoms with Gasteiger partial charge in [-0.3, -0.25) is 4.79 Å². The maximum atomic E-state index is 11.8. The molecule has 16 heavy (non-hydrogen) atoms. The number of amides is 1. The van der Waals surface area contributed by atoms with E-state index < -0.39 is 0 Å². The van der Waals surface area contributed by atoms with Gasteiger partial charge in [0, 0.05) is 13.2 Å². The lowest BCUT2D eigenvalue weighted by Gasteiger charge is -2.23. The number of rotatable bonds is 5. The van der Waals surface area contributed by atoms with Gasteiger partial charge >= 0.3 is 0 Å². The second kappa shape index (κ2) is 5.15. The summed E-state index contributed by atoms with van der Waals surface area (Å²) in [5, 5.41) is 3.02. The van der Waals surface area contributed by atoms with Crippen molar-refractivity contribution in [1.82, 2.24) is 5.32 Å². The Morgan fingerprint density at radius 1 is 1.44 bits per heavy atom. The van der Waals surface area contributed by atoms with Crippen molar-refractivity contribution in [2.45, 2.75) is 44.6 Å². The zero-order valence-corrected chi connectivity index (χ0v) is 9.84. The van der Waals surface area contributed by atoms with Crippen molar-refractivity contribution in [3.05, 3.63) is 0 Å². The summed E-state index contributed by atoms with van der Waals surface area (Å²) >= 11 is 0. The van der Waals surface area contributed by atoms with E-state index in [0.29, 0.717) is 5.41 Å². The number of nitrogens with two attached hydrogens (primary N) is 1. The maximum absolute atomic E-state index is 11.8. The molecule has 1 amide bonds. The fraction of sp³-hybridized carbons (Fsp3) is 0.917. The van der Waals surface area contributed by atoms with Gasteiger partial charge in [0.15, 0.2) is 0 Å². The predicted molar refractivity (Wildman–Crippen MR) is 61.9 cm³/mol. The average Bonchev–Trinajstić information content (AvgIpc) is 3.08. The summed E-state index contributed by atoms with van der Waals surface area (Å²) < 4.78 is 5.45. The fourth-order valence-electron chi connectivity index (χ4n) is 2.33. The SMILES string of the molecule is NCCC1(CNC(=O)C2CCCCO2)CC1. The predicted octanol–water partition coefficient (Wildman–Crippen LogP) is 0.801. The molecular weight excluding hydrogens is 204 g/mol. The summed E-state index contributed by atoms with van der Waals surface area (Å²) in [5.41, 5.74) is 5.88. The lowest BCUT2D eigenvalue weighted by Crippen LogP contribution is -2.41. The summed E-state index contributed by atoms with van der Waals surface area (Å²) in [6, 6.07) is 0. The minimum atomic E-state index is -0.206. The molecule has 0 aromatic heterocycles. The largest absolute Gasteiger partial charge is 0.368 e. The molecule has 4 nitrogen and oxygen atoms in total. The average molecular weight is 226 g/mol. The molecule has 0 spiro atoms. The van der Waals surface area contributed by atoms with Crippen molar-refractivity contribution < 1.29 is 9.53 Å². The molecule has 2 fully saturated rings. The quantitative estimate of drug-likeness (QED) is 0.729. The van der Waals surface area contributed by atoms with Crippen LogP contribution in [-0.2, 0) is 9.53 Å². The lowest BCUT2D eigenvalue weighted by molar-refractivity contribution is -0.135. The standard InChI is InChI=1S/C12H22N2O2/c13-7-6-12(4-5-12)9-14-11(15)10-3-1-2-8-16-10/h10H,1-9,13H2,(H,14,15). The van der Waals surface area contributed by atoms with Gasteiger partial charge in [-0.15, -0.1) is 0 Å². The molecule has 2 rings (SSSR count). The van der Waals surface area contributed by atoms with Crippen LogP contribution in [0.2, 0.25) is 0 Å². The third kappa shape index (κ3) is 2.95. The third-order valence-electron chi connectivity index (χ3n) is 3.74. The van der Waals surface area contributed by atoms with E-state index in [1.807, 2.05) is 0 Å². The first-order valence-corrected chi connectivity index (χ1v) is 6.35. The molecule has 1 aliphatic carbocycles. The van der Waals surface area contributed by atoms with E-state index in [4.69, 9.17) is 10.5 Å². The van der Waals surface area contributed by atoms with Gasteiger partial charge in [-0.1, -0.05) is 0 Å². The minimum absolute atomic E-state index is 0.0722. The Hall–Kier alpha value is -0.610. The van der Waals surface area contributed by atoms with E-state index in [9.17, 15) is 4.79 Å². The Kier molecular flexibility index (Phi) is 3.82. The van der Waals surface area contributed by atoms with Crippen LogP contribution in [0.5, 0.6) is 0 Å². The van der Waals surface area contributed by atoms with Crippen LogP contribution in [0.25, 0.3) is 0 Å². The molecule has 1 saturated heterocycles. The Bertz CT molecular complexity index is 245. The molecule has 0 bridgehead atoms. The van der Waals surface area contributed by atoms with E-state index in [0.717, 1.165) is 45.4 Å². The number of hydrogen-bond acceptors (Lipinski definition) is 3. The lowest BCUT2D eigenvalue weighted by atomic mass is 10.0. The molecule has 0 radical (unpaired) electrons. The first-order chi connectivity index (χ1) is 7.76. The van der Waals surface area contributed by atoms with Crippen molar-refractivity contribution in [3.8, 4) is 0 Å². The van der Waals surface area contributed by atoms with Gasteiger partial charge in [-0.05, 0) is 50.5 Å². The molecule has 0 aromatic rings. The van der Waals surface area contributed by atoms with Crippen LogP contribution in [0.4, 0.5) is 0 Å². The highest BCUT2D eigenvalue weighted by molar-refractivity contribution is 5.80. The summed E-state index contributed by atoms with van der Waals surface area (Å²) in [6.45, 7) is 2.23. The fourth-order valence-corrected chi connectivity index (χ4v) is 2.33. The second-order valence-corrected chi connectivity index (χ2v) is 5.11. The van der Waals surface area contributed by atoms with E-state index >= 15 is 0 Å². The van der Waals surface area contributed by atoms with Crippen LogP contribution in [0.3, 0.4) is 0 Å². The van der Waals surface area contributed by atoms with Crippen LogP contribution < -0.4 is 11.1 Å². The molecule has 1 heterocycles. The van der Waals surface area contributed by atoms with Gasteiger partial charge in [-0.25, -0.2) is 0 Å². The summed E-state index contributed by atoms with van der Waals surface area (Å²) in [5.74, 6) is 0.0722. The molecule has 1 atom stereocenters. The molecular formula is C12H22N2O2. The van der Waals surface area contributed by atoms with Gasteiger partial charge in [0.2, 0.25) is 5.91 Å². The summed E-state index contributed by atoms with van der Waals surface area (Å²) in [6.07, 6.45) is 6.29. The van der Waals surface area contributed by atoms with Gasteiger partial charge in [0.05, 0.1) is 0 Å².